The fourth-order valence-electron chi connectivity index (χ4n) is 0.418. The second kappa shape index (κ2) is 5.17. The summed E-state index contributed by atoms with van der Waals surface area (Å²) in [5.74, 6) is -0.981. The highest BCUT2D eigenvalue weighted by atomic mass is 16.8. The first-order chi connectivity index (χ1) is 5.56. The molecule has 1 fully saturated rings. The van der Waals surface area contributed by atoms with Crippen LogP contribution in [-0.4, -0.2) is 29.9 Å². The van der Waals surface area contributed by atoms with E-state index in [4.69, 9.17) is 5.11 Å². The molecule has 0 spiro atoms. The van der Waals surface area contributed by atoms with Crippen LogP contribution in [0.25, 0.3) is 0 Å². The summed E-state index contributed by atoms with van der Waals surface area (Å²) in [6.07, 6.45) is 0.236. The van der Waals surface area contributed by atoms with Gasteiger partial charge in [0, 0.05) is 6.08 Å². The molecule has 1 unspecified atom stereocenters. The lowest BCUT2D eigenvalue weighted by Gasteiger charge is -1.90. The Morgan fingerprint density at radius 1 is 1.83 bits per heavy atom. The number of carbonyl (C=O) groups is 2. The average molecular weight is 174 g/mol. The van der Waals surface area contributed by atoms with Gasteiger partial charge in [0.05, 0.1) is 0 Å². The normalized spacial score (nSPS) is 19.8. The van der Waals surface area contributed by atoms with E-state index in [9.17, 15) is 9.59 Å². The van der Waals surface area contributed by atoms with Gasteiger partial charge >= 0.3 is 12.1 Å². The van der Waals surface area contributed by atoms with Crippen molar-refractivity contribution < 1.29 is 24.2 Å². The molecule has 0 aromatic carbocycles. The fraction of sp³-hybridized carbons (Fsp3) is 0.429. The predicted octanol–water partition coefficient (Wildman–Crippen LogP) is 0.799. The van der Waals surface area contributed by atoms with Gasteiger partial charge in [0.1, 0.15) is 12.7 Å². The fourth-order valence-corrected chi connectivity index (χ4v) is 0.418. The first kappa shape index (κ1) is 10.5. The van der Waals surface area contributed by atoms with Gasteiger partial charge in [-0.3, -0.25) is 0 Å². The highest BCUT2D eigenvalue weighted by Gasteiger charge is 2.19. The Labute approximate surface area is 69.6 Å². The Morgan fingerprint density at radius 3 is 2.42 bits per heavy atom. The zero-order valence-corrected chi connectivity index (χ0v) is 6.65. The molecule has 0 aromatic heterocycles. The van der Waals surface area contributed by atoms with Crippen LogP contribution in [0.5, 0.6) is 0 Å². The van der Waals surface area contributed by atoms with Crippen LogP contribution in [0.15, 0.2) is 12.7 Å². The lowest BCUT2D eigenvalue weighted by Crippen LogP contribution is -2.01. The molecule has 1 N–H and O–H groups in total. The summed E-state index contributed by atoms with van der Waals surface area (Å²) in [5, 5.41) is 7.60. The Bertz CT molecular complexity index is 186. The van der Waals surface area contributed by atoms with Crippen LogP contribution in [0.4, 0.5) is 4.79 Å². The van der Waals surface area contributed by atoms with Gasteiger partial charge in [-0.2, -0.15) is 0 Å². The van der Waals surface area contributed by atoms with Crippen molar-refractivity contribution in [2.24, 2.45) is 0 Å². The summed E-state index contributed by atoms with van der Waals surface area (Å²) >= 11 is 0. The molecular formula is C7H10O5. The third-order valence-electron chi connectivity index (χ3n) is 0.908. The van der Waals surface area contributed by atoms with E-state index in [0.29, 0.717) is 6.61 Å². The van der Waals surface area contributed by atoms with E-state index >= 15 is 0 Å². The van der Waals surface area contributed by atoms with Crippen LogP contribution in [0, 0.1) is 0 Å². The zero-order chi connectivity index (χ0) is 9.56. The SMILES string of the molecule is C=CC(=O)O.CC1COC(=O)O1. The maximum Gasteiger partial charge on any atom is 0.508 e. The van der Waals surface area contributed by atoms with Gasteiger partial charge in [0.25, 0.3) is 0 Å². The summed E-state index contributed by atoms with van der Waals surface area (Å²) < 4.78 is 8.90. The minimum absolute atomic E-state index is 0.0486. The molecule has 0 radical (unpaired) electrons. The largest absolute Gasteiger partial charge is 0.508 e. The Morgan fingerprint density at radius 2 is 2.33 bits per heavy atom. The van der Waals surface area contributed by atoms with Crippen LogP contribution in [0.3, 0.4) is 0 Å². The standard InChI is InChI=1S/C4H6O3.C3H4O2/c1-3-2-6-4(5)7-3;1-2-3(4)5/h3H,2H2,1H3;2H,1H2,(H,4,5). The molecule has 1 aliphatic rings. The maximum atomic E-state index is 10.0. The van der Waals surface area contributed by atoms with Crippen LogP contribution in [0.1, 0.15) is 6.92 Å². The molecule has 1 atom stereocenters. The first-order valence-electron chi connectivity index (χ1n) is 3.25. The van der Waals surface area contributed by atoms with Crippen molar-refractivity contribution in [3.8, 4) is 0 Å². The molecule has 0 saturated carbocycles. The van der Waals surface area contributed by atoms with Gasteiger partial charge in [-0.15, -0.1) is 0 Å². The van der Waals surface area contributed by atoms with Gasteiger partial charge in [0.15, 0.2) is 0 Å². The van der Waals surface area contributed by atoms with Crippen molar-refractivity contribution in [2.45, 2.75) is 13.0 Å². The predicted molar refractivity (Wildman–Crippen MR) is 39.7 cm³/mol. The molecule has 0 aliphatic carbocycles. The minimum Gasteiger partial charge on any atom is -0.478 e. The van der Waals surface area contributed by atoms with E-state index < -0.39 is 12.1 Å². The number of aliphatic carboxylic acids is 1. The van der Waals surface area contributed by atoms with E-state index in [2.05, 4.69) is 16.1 Å². The van der Waals surface area contributed by atoms with E-state index in [1.54, 1.807) is 6.92 Å². The quantitative estimate of drug-likeness (QED) is 0.470. The molecule has 1 saturated heterocycles. The molecule has 5 heteroatoms. The second-order valence-corrected chi connectivity index (χ2v) is 2.03. The molecule has 1 rings (SSSR count). The number of ether oxygens (including phenoxy) is 2. The van der Waals surface area contributed by atoms with Crippen molar-refractivity contribution in [3.63, 3.8) is 0 Å². The van der Waals surface area contributed by atoms with Crippen molar-refractivity contribution in [1.82, 2.24) is 0 Å². The number of hydrogen-bond donors (Lipinski definition) is 1. The van der Waals surface area contributed by atoms with Gasteiger partial charge in [-0.05, 0) is 6.92 Å². The molecule has 5 nitrogen and oxygen atoms in total. The van der Waals surface area contributed by atoms with Gasteiger partial charge < -0.3 is 14.6 Å². The van der Waals surface area contributed by atoms with Crippen molar-refractivity contribution in [1.29, 1.82) is 0 Å². The number of carbonyl (C=O) groups excluding carboxylic acids is 1. The van der Waals surface area contributed by atoms with E-state index in [0.717, 1.165) is 6.08 Å². The highest BCUT2D eigenvalue weighted by Crippen LogP contribution is 2.02. The second-order valence-electron chi connectivity index (χ2n) is 2.03. The molecule has 0 amide bonds. The topological polar surface area (TPSA) is 72.8 Å². The molecule has 1 aliphatic heterocycles. The number of hydrogen-bond acceptors (Lipinski definition) is 4. The number of cyclic esters (lactones) is 2. The molecule has 0 bridgehead atoms. The summed E-state index contributed by atoms with van der Waals surface area (Å²) in [6.45, 7) is 5.14. The number of carboxylic acids is 1. The van der Waals surface area contributed by atoms with Crippen LogP contribution >= 0.6 is 0 Å². The third kappa shape index (κ3) is 5.28. The molecule has 12 heavy (non-hydrogen) atoms. The van der Waals surface area contributed by atoms with Gasteiger partial charge in [-0.25, -0.2) is 9.59 Å². The van der Waals surface area contributed by atoms with Crippen LogP contribution in [0.2, 0.25) is 0 Å². The monoisotopic (exact) mass is 174 g/mol. The molecular weight excluding hydrogens is 164 g/mol. The van der Waals surface area contributed by atoms with Gasteiger partial charge in [-0.1, -0.05) is 6.58 Å². The van der Waals surface area contributed by atoms with E-state index in [1.165, 1.54) is 0 Å². The Hall–Kier alpha value is -1.52. The van der Waals surface area contributed by atoms with Crippen molar-refractivity contribution >= 4 is 12.1 Å². The van der Waals surface area contributed by atoms with Crippen LogP contribution in [-0.2, 0) is 14.3 Å². The van der Waals surface area contributed by atoms with Gasteiger partial charge in [0.2, 0.25) is 0 Å². The molecule has 0 aromatic rings. The summed E-state index contributed by atoms with van der Waals surface area (Å²) in [6, 6.07) is 0. The van der Waals surface area contributed by atoms with E-state index in [1.807, 2.05) is 0 Å². The Kier molecular flexibility index (Phi) is 4.52. The smallest absolute Gasteiger partial charge is 0.478 e. The summed E-state index contributed by atoms with van der Waals surface area (Å²) in [7, 11) is 0. The first-order valence-corrected chi connectivity index (χ1v) is 3.25. The average Bonchev–Trinajstić information content (AvgIpc) is 2.36. The minimum atomic E-state index is -0.981. The zero-order valence-electron chi connectivity index (χ0n) is 6.65. The highest BCUT2D eigenvalue weighted by molar-refractivity contribution is 5.78. The number of rotatable bonds is 1. The summed E-state index contributed by atoms with van der Waals surface area (Å²) in [5.41, 5.74) is 0. The lowest BCUT2D eigenvalue weighted by molar-refractivity contribution is -0.131. The maximum absolute atomic E-state index is 10.0. The molecule has 1 heterocycles. The lowest BCUT2D eigenvalue weighted by atomic mass is 10.5. The van der Waals surface area contributed by atoms with Crippen molar-refractivity contribution in [3.05, 3.63) is 12.7 Å². The van der Waals surface area contributed by atoms with Crippen molar-refractivity contribution in [2.75, 3.05) is 6.61 Å². The third-order valence-corrected chi connectivity index (χ3v) is 0.908. The molecule has 68 valence electrons. The Balaban J connectivity index is 0.000000217. The van der Waals surface area contributed by atoms with E-state index in [-0.39, 0.29) is 6.10 Å². The van der Waals surface area contributed by atoms with Crippen LogP contribution < -0.4 is 0 Å². The number of carboxylic acid groups (broad SMARTS) is 1. The summed E-state index contributed by atoms with van der Waals surface area (Å²) in [4.78, 5) is 19.3.